The lowest BCUT2D eigenvalue weighted by Crippen LogP contribution is -2.40. The van der Waals surface area contributed by atoms with Gasteiger partial charge >= 0.3 is 0 Å². The molecule has 0 fully saturated rings. The van der Waals surface area contributed by atoms with Gasteiger partial charge in [0.25, 0.3) is 5.56 Å². The number of hydrogen-bond acceptors (Lipinski definition) is 3. The topological polar surface area (TPSA) is 49.0 Å². The minimum Gasteiger partial charge on any atom is -0.413 e. The molecule has 32 heavy (non-hydrogen) atoms. The quantitative estimate of drug-likeness (QED) is 0.404. The van der Waals surface area contributed by atoms with Gasteiger partial charge in [0.05, 0.1) is 23.4 Å². The maximum atomic E-state index is 13.2. The summed E-state index contributed by atoms with van der Waals surface area (Å²) in [5.74, 6) is 0.465. The second kappa shape index (κ2) is 8.98. The van der Waals surface area contributed by atoms with Crippen LogP contribution in [0.25, 0.3) is 22.0 Å². The summed E-state index contributed by atoms with van der Waals surface area (Å²) >= 11 is 0. The first-order valence-corrected chi connectivity index (χ1v) is 14.6. The van der Waals surface area contributed by atoms with E-state index in [4.69, 9.17) is 4.43 Å². The van der Waals surface area contributed by atoms with Crippen molar-refractivity contribution >= 4 is 19.1 Å². The number of aromatic nitrogens is 3. The van der Waals surface area contributed by atoms with Crippen LogP contribution in [0.1, 0.15) is 52.8 Å². The number of aryl methyl sites for hydroxylation is 2. The van der Waals surface area contributed by atoms with E-state index in [1.54, 1.807) is 7.05 Å². The molecule has 3 aromatic rings. The van der Waals surface area contributed by atoms with Crippen LogP contribution in [0.2, 0.25) is 18.1 Å². The van der Waals surface area contributed by atoms with Gasteiger partial charge in [-0.2, -0.15) is 5.10 Å². The molecule has 0 N–H and O–H groups in total. The SMILES string of the molecule is CCn1cc2c(CC(C)C)nn(C)c(=O)c2c1-c1cccc(CO[Si](C)(C)C(C)(C)C)c1. The highest BCUT2D eigenvalue weighted by atomic mass is 28.4. The highest BCUT2D eigenvalue weighted by Crippen LogP contribution is 2.37. The number of benzene rings is 1. The van der Waals surface area contributed by atoms with Crippen molar-refractivity contribution in [3.05, 3.63) is 52.1 Å². The van der Waals surface area contributed by atoms with Crippen molar-refractivity contribution in [1.29, 1.82) is 0 Å². The van der Waals surface area contributed by atoms with Gasteiger partial charge in [-0.25, -0.2) is 4.68 Å². The minimum atomic E-state index is -1.84. The van der Waals surface area contributed by atoms with Crippen molar-refractivity contribution in [2.24, 2.45) is 13.0 Å². The highest BCUT2D eigenvalue weighted by Gasteiger charge is 2.37. The lowest BCUT2D eigenvalue weighted by Gasteiger charge is -2.36. The molecule has 0 unspecified atom stereocenters. The Morgan fingerprint density at radius 2 is 1.88 bits per heavy atom. The Morgan fingerprint density at radius 1 is 1.19 bits per heavy atom. The lowest BCUT2D eigenvalue weighted by atomic mass is 10.0. The van der Waals surface area contributed by atoms with Crippen LogP contribution < -0.4 is 5.56 Å². The van der Waals surface area contributed by atoms with Crippen LogP contribution in [0.4, 0.5) is 0 Å². The molecule has 0 radical (unpaired) electrons. The van der Waals surface area contributed by atoms with Crippen molar-refractivity contribution in [1.82, 2.24) is 14.3 Å². The summed E-state index contributed by atoms with van der Waals surface area (Å²) < 4.78 is 10.1. The molecular formula is C26H39N3O2Si. The number of nitrogens with zero attached hydrogens (tertiary/aromatic N) is 3. The summed E-state index contributed by atoms with van der Waals surface area (Å²) in [5, 5.41) is 6.51. The Bertz CT molecular complexity index is 1170. The van der Waals surface area contributed by atoms with Crippen LogP contribution in [0.5, 0.6) is 0 Å². The maximum absolute atomic E-state index is 13.2. The molecule has 2 heterocycles. The average molecular weight is 454 g/mol. The normalized spacial score (nSPS) is 12.8. The number of hydrogen-bond donors (Lipinski definition) is 0. The number of fused-ring (bicyclic) bond motifs is 1. The van der Waals surface area contributed by atoms with Crippen molar-refractivity contribution < 1.29 is 4.43 Å². The molecule has 0 amide bonds. The Hall–Kier alpha value is -2.18. The van der Waals surface area contributed by atoms with Crippen LogP contribution in [0.15, 0.2) is 35.3 Å². The summed E-state index contributed by atoms with van der Waals surface area (Å²) in [4.78, 5) is 13.2. The summed E-state index contributed by atoms with van der Waals surface area (Å²) in [7, 11) is -0.0871. The monoisotopic (exact) mass is 453 g/mol. The summed E-state index contributed by atoms with van der Waals surface area (Å²) in [6.45, 7) is 19.2. The van der Waals surface area contributed by atoms with E-state index in [1.165, 1.54) is 4.68 Å². The smallest absolute Gasteiger partial charge is 0.276 e. The van der Waals surface area contributed by atoms with E-state index in [1.807, 2.05) is 0 Å². The van der Waals surface area contributed by atoms with E-state index < -0.39 is 8.32 Å². The van der Waals surface area contributed by atoms with Gasteiger partial charge in [0.15, 0.2) is 8.32 Å². The molecule has 0 atom stereocenters. The second-order valence-electron chi connectivity index (χ2n) is 10.8. The maximum Gasteiger partial charge on any atom is 0.276 e. The van der Waals surface area contributed by atoms with Crippen LogP contribution in [-0.2, 0) is 31.0 Å². The predicted octanol–water partition coefficient (Wildman–Crippen LogP) is 6.14. The summed E-state index contributed by atoms with van der Waals surface area (Å²) in [6.07, 6.45) is 2.95. The first kappa shape index (κ1) is 24.5. The Balaban J connectivity index is 2.11. The van der Waals surface area contributed by atoms with Crippen molar-refractivity contribution in [2.75, 3.05) is 0 Å². The first-order chi connectivity index (χ1) is 14.9. The largest absolute Gasteiger partial charge is 0.413 e. The summed E-state index contributed by atoms with van der Waals surface area (Å²) in [5.41, 5.74) is 4.11. The second-order valence-corrected chi connectivity index (χ2v) is 15.6. The van der Waals surface area contributed by atoms with Gasteiger partial charge in [0.2, 0.25) is 0 Å². The van der Waals surface area contributed by atoms with Crippen molar-refractivity contribution in [3.63, 3.8) is 0 Å². The lowest BCUT2D eigenvalue weighted by molar-refractivity contribution is 0.276. The van der Waals surface area contributed by atoms with Gasteiger partial charge in [0, 0.05) is 25.2 Å². The standard InChI is InChI=1S/C26H39N3O2Si/c1-10-29-16-21-22(14-18(2)3)27-28(7)25(30)23(21)24(29)20-13-11-12-19(15-20)17-31-32(8,9)26(4,5)6/h11-13,15-16,18H,10,14,17H2,1-9H3. The molecule has 0 aliphatic carbocycles. The van der Waals surface area contributed by atoms with E-state index in [9.17, 15) is 4.79 Å². The average Bonchev–Trinajstić information content (AvgIpc) is 3.09. The molecular weight excluding hydrogens is 414 g/mol. The molecule has 0 aliphatic heterocycles. The molecule has 1 aromatic carbocycles. The zero-order chi connectivity index (χ0) is 23.8. The Kier molecular flexibility index (Phi) is 6.87. The van der Waals surface area contributed by atoms with Crippen LogP contribution in [0.3, 0.4) is 0 Å². The van der Waals surface area contributed by atoms with E-state index in [2.05, 4.69) is 94.8 Å². The van der Waals surface area contributed by atoms with E-state index >= 15 is 0 Å². The van der Waals surface area contributed by atoms with Gasteiger partial charge in [-0.3, -0.25) is 4.79 Å². The van der Waals surface area contributed by atoms with Gasteiger partial charge in [-0.1, -0.05) is 52.8 Å². The molecule has 0 bridgehead atoms. The van der Waals surface area contributed by atoms with Gasteiger partial charge < -0.3 is 8.99 Å². The molecule has 0 saturated heterocycles. The van der Waals surface area contributed by atoms with Crippen LogP contribution >= 0.6 is 0 Å². The molecule has 0 saturated carbocycles. The fraction of sp³-hybridized carbons (Fsp3) is 0.538. The van der Waals surface area contributed by atoms with Crippen LogP contribution in [-0.4, -0.2) is 22.7 Å². The van der Waals surface area contributed by atoms with Crippen LogP contribution in [0, 0.1) is 5.92 Å². The van der Waals surface area contributed by atoms with E-state index in [0.29, 0.717) is 12.5 Å². The predicted molar refractivity (Wildman–Crippen MR) is 137 cm³/mol. The molecule has 6 heteroatoms. The summed E-state index contributed by atoms with van der Waals surface area (Å²) in [6, 6.07) is 8.45. The molecule has 0 aliphatic rings. The minimum absolute atomic E-state index is 0.0439. The van der Waals surface area contributed by atoms with Gasteiger partial charge in [0.1, 0.15) is 0 Å². The Morgan fingerprint density at radius 3 is 2.47 bits per heavy atom. The third-order valence-corrected chi connectivity index (χ3v) is 11.2. The molecule has 2 aromatic heterocycles. The van der Waals surface area contributed by atoms with Gasteiger partial charge in [-0.15, -0.1) is 0 Å². The zero-order valence-corrected chi connectivity index (χ0v) is 22.2. The molecule has 174 valence electrons. The zero-order valence-electron chi connectivity index (χ0n) is 21.2. The molecule has 3 rings (SSSR count). The molecule has 5 nitrogen and oxygen atoms in total. The molecule has 0 spiro atoms. The van der Waals surface area contributed by atoms with Crippen molar-refractivity contribution in [2.45, 2.75) is 79.2 Å². The number of rotatable bonds is 7. The first-order valence-electron chi connectivity index (χ1n) is 11.7. The van der Waals surface area contributed by atoms with Gasteiger partial charge in [-0.05, 0) is 54.6 Å². The highest BCUT2D eigenvalue weighted by molar-refractivity contribution is 6.74. The Labute approximate surface area is 193 Å². The fourth-order valence-electron chi connectivity index (χ4n) is 3.82. The van der Waals surface area contributed by atoms with Crippen molar-refractivity contribution in [3.8, 4) is 11.3 Å². The van der Waals surface area contributed by atoms with E-state index in [0.717, 1.165) is 46.3 Å². The third kappa shape index (κ3) is 4.76. The fourth-order valence-corrected chi connectivity index (χ4v) is 4.78. The van der Waals surface area contributed by atoms with E-state index in [-0.39, 0.29) is 10.6 Å². The third-order valence-electron chi connectivity index (χ3n) is 6.72.